The van der Waals surface area contributed by atoms with Gasteiger partial charge in [-0.1, -0.05) is 13.8 Å². The van der Waals surface area contributed by atoms with Crippen molar-refractivity contribution in [1.29, 1.82) is 0 Å². The van der Waals surface area contributed by atoms with E-state index < -0.39 is 0 Å². The van der Waals surface area contributed by atoms with Crippen molar-refractivity contribution in [3.63, 3.8) is 0 Å². The molecule has 1 N–H and O–H groups in total. The summed E-state index contributed by atoms with van der Waals surface area (Å²) in [5.74, 6) is 0.607. The van der Waals surface area contributed by atoms with E-state index in [-0.39, 0.29) is 0 Å². The van der Waals surface area contributed by atoms with E-state index in [0.29, 0.717) is 18.1 Å². The van der Waals surface area contributed by atoms with Gasteiger partial charge >= 0.3 is 0 Å². The second-order valence-electron chi connectivity index (χ2n) is 4.91. The summed E-state index contributed by atoms with van der Waals surface area (Å²) in [5.41, 5.74) is 0. The molecule has 3 nitrogen and oxygen atoms in total. The fraction of sp³-hybridized carbons (Fsp3) is 1.00. The minimum absolute atomic E-state index is 0.414. The molecule has 0 aromatic rings. The van der Waals surface area contributed by atoms with Gasteiger partial charge in [0.1, 0.15) is 0 Å². The lowest BCUT2D eigenvalue weighted by Gasteiger charge is -2.27. The Labute approximate surface area is 99.9 Å². The molecule has 1 fully saturated rings. The highest BCUT2D eigenvalue weighted by molar-refractivity contribution is 4.74. The number of ether oxygens (including phenoxy) is 2. The predicted molar refractivity (Wildman–Crippen MR) is 66.7 cm³/mol. The maximum absolute atomic E-state index is 5.71. The summed E-state index contributed by atoms with van der Waals surface area (Å²) in [4.78, 5) is 0. The van der Waals surface area contributed by atoms with Crippen LogP contribution in [0.15, 0.2) is 0 Å². The second-order valence-corrected chi connectivity index (χ2v) is 4.91. The minimum Gasteiger partial charge on any atom is -0.380 e. The van der Waals surface area contributed by atoms with Gasteiger partial charge in [0.2, 0.25) is 0 Å². The van der Waals surface area contributed by atoms with Gasteiger partial charge in [-0.05, 0) is 32.1 Å². The van der Waals surface area contributed by atoms with Crippen molar-refractivity contribution in [3.05, 3.63) is 0 Å². The monoisotopic (exact) mass is 229 g/mol. The third-order valence-electron chi connectivity index (χ3n) is 3.19. The molecule has 0 aromatic carbocycles. The van der Waals surface area contributed by atoms with Gasteiger partial charge in [0.25, 0.3) is 0 Å². The van der Waals surface area contributed by atoms with Crippen LogP contribution in [0.25, 0.3) is 0 Å². The van der Waals surface area contributed by atoms with Crippen LogP contribution >= 0.6 is 0 Å². The Bertz CT molecular complexity index is 167. The van der Waals surface area contributed by atoms with Crippen molar-refractivity contribution < 1.29 is 9.47 Å². The number of rotatable bonds is 7. The zero-order valence-corrected chi connectivity index (χ0v) is 11.0. The van der Waals surface area contributed by atoms with Crippen LogP contribution in [0.4, 0.5) is 0 Å². The summed E-state index contributed by atoms with van der Waals surface area (Å²) in [5, 5.41) is 3.57. The lowest BCUT2D eigenvalue weighted by Crippen LogP contribution is -2.43. The molecule has 2 unspecified atom stereocenters. The fourth-order valence-corrected chi connectivity index (χ4v) is 1.98. The van der Waals surface area contributed by atoms with Gasteiger partial charge in [-0.2, -0.15) is 0 Å². The highest BCUT2D eigenvalue weighted by Crippen LogP contribution is 2.12. The van der Waals surface area contributed by atoms with Gasteiger partial charge in [-0.3, -0.25) is 0 Å². The number of nitrogens with one attached hydrogen (secondary N) is 1. The molecule has 1 rings (SSSR count). The highest BCUT2D eigenvalue weighted by atomic mass is 16.5. The van der Waals surface area contributed by atoms with E-state index in [1.54, 1.807) is 0 Å². The first-order valence-corrected chi connectivity index (χ1v) is 6.66. The molecule has 0 aromatic heterocycles. The van der Waals surface area contributed by atoms with Crippen molar-refractivity contribution >= 4 is 0 Å². The van der Waals surface area contributed by atoms with E-state index >= 15 is 0 Å². The van der Waals surface area contributed by atoms with Crippen molar-refractivity contribution in [1.82, 2.24) is 5.32 Å². The quantitative estimate of drug-likeness (QED) is 0.726. The van der Waals surface area contributed by atoms with Gasteiger partial charge in [0, 0.05) is 25.8 Å². The van der Waals surface area contributed by atoms with Crippen LogP contribution in [0.2, 0.25) is 0 Å². The topological polar surface area (TPSA) is 30.5 Å². The Morgan fingerprint density at radius 3 is 2.75 bits per heavy atom. The van der Waals surface area contributed by atoms with Gasteiger partial charge in [-0.25, -0.2) is 0 Å². The average Bonchev–Trinajstić information content (AvgIpc) is 2.30. The molecule has 1 saturated heterocycles. The van der Waals surface area contributed by atoms with Crippen LogP contribution in [0.3, 0.4) is 0 Å². The van der Waals surface area contributed by atoms with Crippen LogP contribution in [0.5, 0.6) is 0 Å². The minimum atomic E-state index is 0.414. The zero-order valence-electron chi connectivity index (χ0n) is 11.0. The number of hydrogen-bond acceptors (Lipinski definition) is 3. The standard InChI is InChI=1S/C13H27NO2/c1-4-15-10-13(11(2)3)14-9-12-7-5-6-8-16-12/h11-14H,4-10H2,1-3H3. The molecule has 0 saturated carbocycles. The summed E-state index contributed by atoms with van der Waals surface area (Å²) in [6, 6.07) is 0.450. The SMILES string of the molecule is CCOCC(NCC1CCCCO1)C(C)C. The zero-order chi connectivity index (χ0) is 11.8. The number of hydrogen-bond donors (Lipinski definition) is 1. The predicted octanol–water partition coefficient (Wildman–Crippen LogP) is 2.21. The first kappa shape index (κ1) is 13.9. The third-order valence-corrected chi connectivity index (χ3v) is 3.19. The molecule has 0 spiro atoms. The Morgan fingerprint density at radius 2 is 2.19 bits per heavy atom. The van der Waals surface area contributed by atoms with Crippen molar-refractivity contribution in [2.24, 2.45) is 5.92 Å². The van der Waals surface area contributed by atoms with Crippen molar-refractivity contribution in [2.45, 2.75) is 52.2 Å². The molecule has 96 valence electrons. The summed E-state index contributed by atoms with van der Waals surface area (Å²) in [6.07, 6.45) is 4.15. The van der Waals surface area contributed by atoms with E-state index in [1.807, 2.05) is 6.92 Å². The van der Waals surface area contributed by atoms with E-state index in [1.165, 1.54) is 19.3 Å². The maximum atomic E-state index is 5.71. The van der Waals surface area contributed by atoms with Gasteiger partial charge < -0.3 is 14.8 Å². The van der Waals surface area contributed by atoms with Gasteiger partial charge in [0.15, 0.2) is 0 Å². The second kappa shape index (κ2) is 8.04. The maximum Gasteiger partial charge on any atom is 0.0699 e. The molecular weight excluding hydrogens is 202 g/mol. The normalized spacial score (nSPS) is 23.6. The first-order valence-electron chi connectivity index (χ1n) is 6.66. The molecule has 1 aliphatic heterocycles. The molecular formula is C13H27NO2. The van der Waals surface area contributed by atoms with Crippen LogP contribution in [0, 0.1) is 5.92 Å². The Morgan fingerprint density at radius 1 is 1.38 bits per heavy atom. The molecule has 0 aliphatic carbocycles. The smallest absolute Gasteiger partial charge is 0.0699 e. The van der Waals surface area contributed by atoms with Crippen LogP contribution in [-0.2, 0) is 9.47 Å². The van der Waals surface area contributed by atoms with Crippen LogP contribution in [0.1, 0.15) is 40.0 Å². The molecule has 0 radical (unpaired) electrons. The molecule has 0 amide bonds. The summed E-state index contributed by atoms with van der Waals surface area (Å²) in [7, 11) is 0. The summed E-state index contributed by atoms with van der Waals surface area (Å²) < 4.78 is 11.2. The first-order chi connectivity index (χ1) is 7.74. The third kappa shape index (κ3) is 5.28. The van der Waals surface area contributed by atoms with Gasteiger partial charge in [-0.15, -0.1) is 0 Å². The lowest BCUT2D eigenvalue weighted by atomic mass is 10.0. The molecule has 3 heteroatoms. The summed E-state index contributed by atoms with van der Waals surface area (Å²) >= 11 is 0. The van der Waals surface area contributed by atoms with Gasteiger partial charge in [0.05, 0.1) is 12.7 Å². The molecule has 1 aliphatic rings. The summed E-state index contributed by atoms with van der Waals surface area (Å²) in [6.45, 7) is 10.0. The Hall–Kier alpha value is -0.120. The highest BCUT2D eigenvalue weighted by Gasteiger charge is 2.17. The Balaban J connectivity index is 2.19. The van der Waals surface area contributed by atoms with E-state index in [4.69, 9.17) is 9.47 Å². The molecule has 1 heterocycles. The van der Waals surface area contributed by atoms with Crippen LogP contribution < -0.4 is 5.32 Å². The average molecular weight is 229 g/mol. The van der Waals surface area contributed by atoms with E-state index in [2.05, 4.69) is 19.2 Å². The Kier molecular flexibility index (Phi) is 7.01. The fourth-order valence-electron chi connectivity index (χ4n) is 1.98. The van der Waals surface area contributed by atoms with Crippen LogP contribution in [-0.4, -0.2) is 38.5 Å². The van der Waals surface area contributed by atoms with E-state index in [0.717, 1.165) is 26.4 Å². The lowest BCUT2D eigenvalue weighted by molar-refractivity contribution is 0.0110. The van der Waals surface area contributed by atoms with Crippen molar-refractivity contribution in [2.75, 3.05) is 26.4 Å². The van der Waals surface area contributed by atoms with Crippen molar-refractivity contribution in [3.8, 4) is 0 Å². The largest absolute Gasteiger partial charge is 0.380 e. The van der Waals surface area contributed by atoms with E-state index in [9.17, 15) is 0 Å². The molecule has 16 heavy (non-hydrogen) atoms. The molecule has 0 bridgehead atoms. The molecule has 2 atom stereocenters.